The lowest BCUT2D eigenvalue weighted by molar-refractivity contribution is 0.595. The van der Waals surface area contributed by atoms with Gasteiger partial charge in [-0.05, 0) is 24.6 Å². The first-order chi connectivity index (χ1) is 7.53. The summed E-state index contributed by atoms with van der Waals surface area (Å²) in [5, 5.41) is 3.81. The van der Waals surface area contributed by atoms with Gasteiger partial charge in [0.1, 0.15) is 9.84 Å². The van der Waals surface area contributed by atoms with Crippen molar-refractivity contribution in [3.05, 3.63) is 29.3 Å². The summed E-state index contributed by atoms with van der Waals surface area (Å²) in [6.07, 6.45) is 0.614. The Kier molecular flexibility index (Phi) is 5.09. The quantitative estimate of drug-likeness (QED) is 0.801. The molecule has 0 aliphatic heterocycles. The van der Waals surface area contributed by atoms with Gasteiger partial charge in [-0.1, -0.05) is 24.6 Å². The van der Waals surface area contributed by atoms with Crippen LogP contribution in [0.4, 0.5) is 5.69 Å². The molecule has 0 bridgehead atoms. The van der Waals surface area contributed by atoms with Gasteiger partial charge in [0.05, 0.1) is 5.75 Å². The monoisotopic (exact) mass is 261 g/mol. The van der Waals surface area contributed by atoms with Gasteiger partial charge in [-0.15, -0.1) is 0 Å². The molecule has 0 unspecified atom stereocenters. The molecule has 0 aromatic heterocycles. The summed E-state index contributed by atoms with van der Waals surface area (Å²) in [6, 6.07) is 7.37. The Morgan fingerprint density at radius 3 is 2.75 bits per heavy atom. The van der Waals surface area contributed by atoms with E-state index in [9.17, 15) is 8.42 Å². The molecule has 1 rings (SSSR count). The fraction of sp³-hybridized carbons (Fsp3) is 0.455. The van der Waals surface area contributed by atoms with Crippen LogP contribution in [0.1, 0.15) is 13.3 Å². The van der Waals surface area contributed by atoms with Crippen molar-refractivity contribution in [2.24, 2.45) is 0 Å². The first-order valence-electron chi connectivity index (χ1n) is 5.23. The minimum Gasteiger partial charge on any atom is -0.385 e. The topological polar surface area (TPSA) is 46.2 Å². The van der Waals surface area contributed by atoms with Gasteiger partial charge in [-0.3, -0.25) is 0 Å². The summed E-state index contributed by atoms with van der Waals surface area (Å²) in [5.74, 6) is 0.446. The van der Waals surface area contributed by atoms with E-state index in [1.54, 1.807) is 13.0 Å². The number of benzene rings is 1. The Hall–Kier alpha value is -0.740. The van der Waals surface area contributed by atoms with E-state index < -0.39 is 9.84 Å². The number of halogens is 1. The van der Waals surface area contributed by atoms with Gasteiger partial charge in [-0.2, -0.15) is 0 Å². The zero-order chi connectivity index (χ0) is 12.0. The van der Waals surface area contributed by atoms with Crippen molar-refractivity contribution in [2.75, 3.05) is 23.4 Å². The molecule has 0 radical (unpaired) electrons. The van der Waals surface area contributed by atoms with E-state index in [0.29, 0.717) is 18.0 Å². The third-order valence-electron chi connectivity index (χ3n) is 2.23. The third kappa shape index (κ3) is 4.86. The van der Waals surface area contributed by atoms with E-state index in [4.69, 9.17) is 11.6 Å². The Balaban J connectivity index is 2.32. The van der Waals surface area contributed by atoms with Crippen LogP contribution in [-0.2, 0) is 9.84 Å². The van der Waals surface area contributed by atoms with Crippen molar-refractivity contribution in [2.45, 2.75) is 13.3 Å². The SMILES string of the molecule is CCS(=O)(=O)CCCNc1cccc(Cl)c1. The second-order valence-corrected chi connectivity index (χ2v) is 6.44. The normalized spacial score (nSPS) is 11.4. The summed E-state index contributed by atoms with van der Waals surface area (Å²) < 4.78 is 22.4. The first kappa shape index (κ1) is 13.3. The van der Waals surface area contributed by atoms with E-state index >= 15 is 0 Å². The zero-order valence-electron chi connectivity index (χ0n) is 9.24. The Morgan fingerprint density at radius 2 is 2.12 bits per heavy atom. The average Bonchev–Trinajstić information content (AvgIpc) is 2.25. The molecule has 0 aliphatic rings. The predicted octanol–water partition coefficient (Wildman–Crippen LogP) is 2.58. The molecule has 1 aromatic rings. The third-order valence-corrected chi connectivity index (χ3v) is 4.25. The van der Waals surface area contributed by atoms with Gasteiger partial charge in [0, 0.05) is 23.0 Å². The maximum absolute atomic E-state index is 11.2. The number of nitrogens with one attached hydrogen (secondary N) is 1. The predicted molar refractivity (Wildman–Crippen MR) is 68.9 cm³/mol. The average molecular weight is 262 g/mol. The standard InChI is InChI=1S/C11H16ClNO2S/c1-2-16(14,15)8-4-7-13-11-6-3-5-10(12)9-11/h3,5-6,9,13H,2,4,7-8H2,1H3. The molecule has 0 amide bonds. The van der Waals surface area contributed by atoms with E-state index in [2.05, 4.69) is 5.32 Å². The molecule has 0 saturated carbocycles. The first-order valence-corrected chi connectivity index (χ1v) is 7.43. The number of anilines is 1. The van der Waals surface area contributed by atoms with E-state index in [-0.39, 0.29) is 11.5 Å². The molecule has 1 aromatic carbocycles. The van der Waals surface area contributed by atoms with Crippen LogP contribution in [0.15, 0.2) is 24.3 Å². The van der Waals surface area contributed by atoms with E-state index in [1.165, 1.54) is 0 Å². The second kappa shape index (κ2) is 6.11. The molecule has 3 nitrogen and oxygen atoms in total. The molecule has 0 saturated heterocycles. The minimum absolute atomic E-state index is 0.212. The fourth-order valence-corrected chi connectivity index (χ4v) is 2.33. The molecule has 0 fully saturated rings. The van der Waals surface area contributed by atoms with Crippen LogP contribution in [0.5, 0.6) is 0 Å². The highest BCUT2D eigenvalue weighted by Gasteiger charge is 2.05. The van der Waals surface area contributed by atoms with Gasteiger partial charge < -0.3 is 5.32 Å². The van der Waals surface area contributed by atoms with Crippen molar-refractivity contribution in [1.29, 1.82) is 0 Å². The van der Waals surface area contributed by atoms with Crippen molar-refractivity contribution in [1.82, 2.24) is 0 Å². The largest absolute Gasteiger partial charge is 0.385 e. The molecule has 1 N–H and O–H groups in total. The number of sulfone groups is 1. The van der Waals surface area contributed by atoms with E-state index in [1.807, 2.05) is 18.2 Å². The summed E-state index contributed by atoms with van der Waals surface area (Å²) in [6.45, 7) is 2.30. The van der Waals surface area contributed by atoms with Crippen LogP contribution in [0.25, 0.3) is 0 Å². The molecule has 5 heteroatoms. The molecule has 0 aliphatic carbocycles. The number of rotatable bonds is 6. The molecule has 16 heavy (non-hydrogen) atoms. The molecule has 0 heterocycles. The van der Waals surface area contributed by atoms with Crippen LogP contribution in [0.3, 0.4) is 0 Å². The number of hydrogen-bond acceptors (Lipinski definition) is 3. The molecule has 0 spiro atoms. The van der Waals surface area contributed by atoms with Crippen molar-refractivity contribution in [3.63, 3.8) is 0 Å². The maximum Gasteiger partial charge on any atom is 0.150 e. The zero-order valence-corrected chi connectivity index (χ0v) is 10.8. The Bertz CT molecular complexity index is 431. The van der Waals surface area contributed by atoms with Crippen LogP contribution >= 0.6 is 11.6 Å². The van der Waals surface area contributed by atoms with Crippen LogP contribution in [0, 0.1) is 0 Å². The van der Waals surface area contributed by atoms with Gasteiger partial charge in [0.15, 0.2) is 0 Å². The van der Waals surface area contributed by atoms with Gasteiger partial charge in [-0.25, -0.2) is 8.42 Å². The van der Waals surface area contributed by atoms with Crippen LogP contribution < -0.4 is 5.32 Å². The van der Waals surface area contributed by atoms with Crippen molar-refractivity contribution < 1.29 is 8.42 Å². The lowest BCUT2D eigenvalue weighted by Crippen LogP contribution is -2.12. The van der Waals surface area contributed by atoms with Crippen LogP contribution in [-0.4, -0.2) is 26.5 Å². The summed E-state index contributed by atoms with van der Waals surface area (Å²) in [7, 11) is -2.85. The Labute approximate surface area is 102 Å². The van der Waals surface area contributed by atoms with Crippen molar-refractivity contribution >= 4 is 27.1 Å². The molecule has 90 valence electrons. The van der Waals surface area contributed by atoms with Crippen LogP contribution in [0.2, 0.25) is 5.02 Å². The summed E-state index contributed by atoms with van der Waals surface area (Å²) >= 11 is 5.82. The van der Waals surface area contributed by atoms with Crippen molar-refractivity contribution in [3.8, 4) is 0 Å². The fourth-order valence-electron chi connectivity index (χ4n) is 1.27. The molecular formula is C11H16ClNO2S. The highest BCUT2D eigenvalue weighted by molar-refractivity contribution is 7.91. The van der Waals surface area contributed by atoms with Gasteiger partial charge in [0.2, 0.25) is 0 Å². The highest BCUT2D eigenvalue weighted by Crippen LogP contribution is 2.14. The van der Waals surface area contributed by atoms with E-state index in [0.717, 1.165) is 5.69 Å². The highest BCUT2D eigenvalue weighted by atomic mass is 35.5. The Morgan fingerprint density at radius 1 is 1.38 bits per heavy atom. The lowest BCUT2D eigenvalue weighted by Gasteiger charge is -2.06. The molecule has 0 atom stereocenters. The maximum atomic E-state index is 11.2. The smallest absolute Gasteiger partial charge is 0.150 e. The molecular weight excluding hydrogens is 246 g/mol. The number of hydrogen-bond donors (Lipinski definition) is 1. The lowest BCUT2D eigenvalue weighted by atomic mass is 10.3. The minimum atomic E-state index is -2.85. The second-order valence-electron chi connectivity index (χ2n) is 3.53. The summed E-state index contributed by atoms with van der Waals surface area (Å²) in [4.78, 5) is 0. The summed E-state index contributed by atoms with van der Waals surface area (Å²) in [5.41, 5.74) is 0.918. The van der Waals surface area contributed by atoms with Gasteiger partial charge >= 0.3 is 0 Å². The van der Waals surface area contributed by atoms with Gasteiger partial charge in [0.25, 0.3) is 0 Å².